The molecule has 0 bridgehead atoms. The standard InChI is InChI=1S/C15H24N2O/c1-3-13(12-18-2)16-14-7-6-8-15(11-14)17-9-4-5-10-17/h6-8,11,13,16H,3-5,9-10,12H2,1-2H3. The van der Waals surface area contributed by atoms with Crippen molar-refractivity contribution in [2.24, 2.45) is 0 Å². The summed E-state index contributed by atoms with van der Waals surface area (Å²) >= 11 is 0. The summed E-state index contributed by atoms with van der Waals surface area (Å²) < 4.78 is 5.22. The maximum Gasteiger partial charge on any atom is 0.0663 e. The Morgan fingerprint density at radius 3 is 2.78 bits per heavy atom. The first-order valence-corrected chi connectivity index (χ1v) is 6.94. The molecule has 3 nitrogen and oxygen atoms in total. The van der Waals surface area contributed by atoms with Gasteiger partial charge in [-0.05, 0) is 37.5 Å². The predicted octanol–water partition coefficient (Wildman–Crippen LogP) is 3.12. The number of hydrogen-bond acceptors (Lipinski definition) is 3. The third-order valence-corrected chi connectivity index (χ3v) is 3.55. The second kappa shape index (κ2) is 6.64. The minimum absolute atomic E-state index is 0.392. The molecule has 1 fully saturated rings. The lowest BCUT2D eigenvalue weighted by Gasteiger charge is -2.21. The largest absolute Gasteiger partial charge is 0.383 e. The van der Waals surface area contributed by atoms with E-state index in [1.54, 1.807) is 7.11 Å². The Labute approximate surface area is 110 Å². The molecule has 0 amide bonds. The Morgan fingerprint density at radius 2 is 2.11 bits per heavy atom. The smallest absolute Gasteiger partial charge is 0.0663 e. The third kappa shape index (κ3) is 3.39. The fourth-order valence-corrected chi connectivity index (χ4v) is 2.47. The number of anilines is 2. The molecule has 0 radical (unpaired) electrons. The highest BCUT2D eigenvalue weighted by Crippen LogP contribution is 2.23. The Bertz CT molecular complexity index is 361. The van der Waals surface area contributed by atoms with Crippen molar-refractivity contribution in [3.05, 3.63) is 24.3 Å². The highest BCUT2D eigenvalue weighted by molar-refractivity contribution is 5.58. The van der Waals surface area contributed by atoms with Gasteiger partial charge in [0.05, 0.1) is 6.61 Å². The van der Waals surface area contributed by atoms with Crippen molar-refractivity contribution in [3.8, 4) is 0 Å². The van der Waals surface area contributed by atoms with Gasteiger partial charge in [-0.1, -0.05) is 13.0 Å². The Kier molecular flexibility index (Phi) is 4.88. The fourth-order valence-electron chi connectivity index (χ4n) is 2.47. The summed E-state index contributed by atoms with van der Waals surface area (Å²) in [6.45, 7) is 5.32. The monoisotopic (exact) mass is 248 g/mol. The zero-order chi connectivity index (χ0) is 12.8. The predicted molar refractivity (Wildman–Crippen MR) is 77.5 cm³/mol. The Balaban J connectivity index is 2.01. The van der Waals surface area contributed by atoms with Crippen LogP contribution in [-0.2, 0) is 4.74 Å². The first-order chi connectivity index (χ1) is 8.83. The average molecular weight is 248 g/mol. The van der Waals surface area contributed by atoms with Crippen LogP contribution in [0.1, 0.15) is 26.2 Å². The van der Waals surface area contributed by atoms with Crippen molar-refractivity contribution < 1.29 is 4.74 Å². The summed E-state index contributed by atoms with van der Waals surface area (Å²) in [6.07, 6.45) is 3.71. The Morgan fingerprint density at radius 1 is 1.33 bits per heavy atom. The second-order valence-electron chi connectivity index (χ2n) is 4.95. The first-order valence-electron chi connectivity index (χ1n) is 6.94. The Hall–Kier alpha value is -1.22. The van der Waals surface area contributed by atoms with Crippen LogP contribution in [-0.4, -0.2) is 32.8 Å². The molecule has 1 aromatic carbocycles. The molecule has 1 aromatic rings. The van der Waals surface area contributed by atoms with Gasteiger partial charge in [-0.2, -0.15) is 0 Å². The zero-order valence-electron chi connectivity index (χ0n) is 11.5. The third-order valence-electron chi connectivity index (χ3n) is 3.55. The molecule has 100 valence electrons. The highest BCUT2D eigenvalue weighted by atomic mass is 16.5. The van der Waals surface area contributed by atoms with Crippen molar-refractivity contribution in [1.29, 1.82) is 0 Å². The van der Waals surface area contributed by atoms with Crippen LogP contribution in [0.5, 0.6) is 0 Å². The van der Waals surface area contributed by atoms with E-state index < -0.39 is 0 Å². The van der Waals surface area contributed by atoms with E-state index in [1.807, 2.05) is 0 Å². The van der Waals surface area contributed by atoms with E-state index in [4.69, 9.17) is 4.74 Å². The van der Waals surface area contributed by atoms with Gasteiger partial charge in [0.2, 0.25) is 0 Å². The summed E-state index contributed by atoms with van der Waals surface area (Å²) in [4.78, 5) is 2.46. The van der Waals surface area contributed by atoms with Crippen LogP contribution in [0.3, 0.4) is 0 Å². The molecule has 2 rings (SSSR count). The number of methoxy groups -OCH3 is 1. The number of hydrogen-bond donors (Lipinski definition) is 1. The molecule has 18 heavy (non-hydrogen) atoms. The number of nitrogens with zero attached hydrogens (tertiary/aromatic N) is 1. The van der Waals surface area contributed by atoms with E-state index in [9.17, 15) is 0 Å². The van der Waals surface area contributed by atoms with Crippen LogP contribution in [0.2, 0.25) is 0 Å². The summed E-state index contributed by atoms with van der Waals surface area (Å²) in [5.74, 6) is 0. The SMILES string of the molecule is CCC(COC)Nc1cccc(N2CCCC2)c1. The zero-order valence-corrected chi connectivity index (χ0v) is 11.5. The van der Waals surface area contributed by atoms with Crippen LogP contribution in [0, 0.1) is 0 Å². The van der Waals surface area contributed by atoms with Crippen molar-refractivity contribution in [2.45, 2.75) is 32.2 Å². The van der Waals surface area contributed by atoms with E-state index in [1.165, 1.54) is 37.3 Å². The van der Waals surface area contributed by atoms with Gasteiger partial charge in [-0.25, -0.2) is 0 Å². The van der Waals surface area contributed by atoms with E-state index >= 15 is 0 Å². The van der Waals surface area contributed by atoms with Gasteiger partial charge in [0.15, 0.2) is 0 Å². The number of benzene rings is 1. The van der Waals surface area contributed by atoms with Crippen LogP contribution < -0.4 is 10.2 Å². The summed E-state index contributed by atoms with van der Waals surface area (Å²) in [5.41, 5.74) is 2.54. The molecule has 0 spiro atoms. The summed E-state index contributed by atoms with van der Waals surface area (Å²) in [7, 11) is 1.75. The average Bonchev–Trinajstić information content (AvgIpc) is 2.92. The van der Waals surface area contributed by atoms with Crippen LogP contribution >= 0.6 is 0 Å². The molecule has 1 atom stereocenters. The lowest BCUT2D eigenvalue weighted by Crippen LogP contribution is -2.24. The lowest BCUT2D eigenvalue weighted by molar-refractivity contribution is 0.184. The summed E-state index contributed by atoms with van der Waals surface area (Å²) in [5, 5.41) is 3.54. The molecular weight excluding hydrogens is 224 g/mol. The second-order valence-corrected chi connectivity index (χ2v) is 4.95. The normalized spacial score (nSPS) is 16.9. The molecule has 1 aliphatic heterocycles. The maximum atomic E-state index is 5.22. The maximum absolute atomic E-state index is 5.22. The van der Waals surface area contributed by atoms with E-state index in [-0.39, 0.29) is 0 Å². The van der Waals surface area contributed by atoms with Crippen LogP contribution in [0.4, 0.5) is 11.4 Å². The first kappa shape index (κ1) is 13.2. The molecule has 0 aromatic heterocycles. The van der Waals surface area contributed by atoms with Crippen molar-refractivity contribution in [1.82, 2.24) is 0 Å². The van der Waals surface area contributed by atoms with Gasteiger partial charge in [-0.15, -0.1) is 0 Å². The molecule has 0 saturated carbocycles. The molecule has 3 heteroatoms. The van der Waals surface area contributed by atoms with Crippen molar-refractivity contribution in [2.75, 3.05) is 37.0 Å². The molecule has 1 N–H and O–H groups in total. The molecule has 1 saturated heterocycles. The van der Waals surface area contributed by atoms with Crippen LogP contribution in [0.15, 0.2) is 24.3 Å². The van der Waals surface area contributed by atoms with Gasteiger partial charge in [0, 0.05) is 37.6 Å². The number of nitrogens with one attached hydrogen (secondary N) is 1. The lowest BCUT2D eigenvalue weighted by atomic mass is 10.2. The van der Waals surface area contributed by atoms with Crippen LogP contribution in [0.25, 0.3) is 0 Å². The highest BCUT2D eigenvalue weighted by Gasteiger charge is 2.13. The fraction of sp³-hybridized carbons (Fsp3) is 0.600. The van der Waals surface area contributed by atoms with Gasteiger partial charge in [0.25, 0.3) is 0 Å². The summed E-state index contributed by atoms with van der Waals surface area (Å²) in [6, 6.07) is 9.12. The van der Waals surface area contributed by atoms with Gasteiger partial charge >= 0.3 is 0 Å². The van der Waals surface area contributed by atoms with E-state index in [2.05, 4.69) is 41.4 Å². The molecule has 1 heterocycles. The van der Waals surface area contributed by atoms with Gasteiger partial charge in [0.1, 0.15) is 0 Å². The van der Waals surface area contributed by atoms with Crippen molar-refractivity contribution in [3.63, 3.8) is 0 Å². The topological polar surface area (TPSA) is 24.5 Å². The van der Waals surface area contributed by atoms with Gasteiger partial charge < -0.3 is 15.0 Å². The van der Waals surface area contributed by atoms with E-state index in [0.29, 0.717) is 6.04 Å². The minimum atomic E-state index is 0.392. The number of ether oxygens (including phenoxy) is 1. The molecular formula is C15H24N2O. The number of rotatable bonds is 6. The van der Waals surface area contributed by atoms with Crippen molar-refractivity contribution >= 4 is 11.4 Å². The minimum Gasteiger partial charge on any atom is -0.383 e. The quantitative estimate of drug-likeness (QED) is 0.837. The molecule has 1 unspecified atom stereocenters. The van der Waals surface area contributed by atoms with Gasteiger partial charge in [-0.3, -0.25) is 0 Å². The van der Waals surface area contributed by atoms with E-state index in [0.717, 1.165) is 13.0 Å². The molecule has 1 aliphatic rings. The molecule has 0 aliphatic carbocycles.